The second-order valence-corrected chi connectivity index (χ2v) is 6.13. The van der Waals surface area contributed by atoms with Crippen LogP contribution in [0.15, 0.2) is 29.6 Å². The molecule has 1 aromatic heterocycles. The molecule has 1 heterocycles. The first-order chi connectivity index (χ1) is 12.4. The molecule has 0 spiro atoms. The number of ether oxygens (including phenoxy) is 1. The van der Waals surface area contributed by atoms with Crippen molar-refractivity contribution >= 4 is 44.9 Å². The Hall–Kier alpha value is -3.14. The van der Waals surface area contributed by atoms with Gasteiger partial charge < -0.3 is 10.1 Å². The summed E-state index contributed by atoms with van der Waals surface area (Å²) in [5.74, 6) is -1.58. The monoisotopic (exact) mass is 376 g/mol. The first-order valence-corrected chi connectivity index (χ1v) is 8.48. The van der Waals surface area contributed by atoms with E-state index in [9.17, 15) is 19.3 Å². The summed E-state index contributed by atoms with van der Waals surface area (Å²) >= 11 is 0.897. The number of nitroso groups, excluding NO2 is 1. The van der Waals surface area contributed by atoms with Gasteiger partial charge in [-0.2, -0.15) is 0 Å². The summed E-state index contributed by atoms with van der Waals surface area (Å²) in [6.45, 7) is 3.04. The lowest BCUT2D eigenvalue weighted by molar-refractivity contribution is -0.132. The van der Waals surface area contributed by atoms with Crippen molar-refractivity contribution < 1.29 is 19.1 Å². The predicted octanol–water partition coefficient (Wildman–Crippen LogP) is 3.46. The Morgan fingerprint density at radius 3 is 2.65 bits per heavy atom. The van der Waals surface area contributed by atoms with Crippen LogP contribution in [-0.4, -0.2) is 22.8 Å². The molecule has 0 saturated heterocycles. The van der Waals surface area contributed by atoms with Crippen molar-refractivity contribution in [3.8, 4) is 5.75 Å². The number of anilines is 2. The van der Waals surface area contributed by atoms with Crippen LogP contribution in [0.3, 0.4) is 0 Å². The zero-order valence-electron chi connectivity index (χ0n) is 14.1. The average Bonchev–Trinajstić information content (AvgIpc) is 3.03. The number of carbonyl (C=O) groups excluding carboxylic acids is 3. The molecule has 0 bridgehead atoms. The Morgan fingerprint density at radius 1 is 1.27 bits per heavy atom. The lowest BCUT2D eigenvalue weighted by atomic mass is 10.1. The summed E-state index contributed by atoms with van der Waals surface area (Å²) in [7, 11) is 0. The topological polar surface area (TPSA) is 127 Å². The zero-order valence-corrected chi connectivity index (χ0v) is 14.9. The molecule has 0 fully saturated rings. The molecule has 136 valence electrons. The lowest BCUT2D eigenvalue weighted by Crippen LogP contribution is -2.18. The standard InChI is InChI=1S/C16H16N4O5S/c1-3-5-12(22)18-11-7-4-6-10(14(11)25-9(2)21)15(23)19-16-17-8-13(20-24)26-16/h4,6-8H,3,5H2,1-2H3,(H,18,22)(H,17,19,23). The van der Waals surface area contributed by atoms with E-state index in [4.69, 9.17) is 4.74 Å². The van der Waals surface area contributed by atoms with Crippen molar-refractivity contribution in [1.82, 2.24) is 4.98 Å². The third-order valence-corrected chi connectivity index (χ3v) is 3.85. The van der Waals surface area contributed by atoms with Crippen LogP contribution in [0.1, 0.15) is 37.0 Å². The number of hydrogen-bond acceptors (Lipinski definition) is 8. The highest BCUT2D eigenvalue weighted by molar-refractivity contribution is 7.19. The van der Waals surface area contributed by atoms with Crippen LogP contribution in [0.25, 0.3) is 0 Å². The van der Waals surface area contributed by atoms with E-state index in [-0.39, 0.29) is 39.5 Å². The third kappa shape index (κ3) is 4.93. The van der Waals surface area contributed by atoms with Gasteiger partial charge in [-0.1, -0.05) is 24.3 Å². The van der Waals surface area contributed by atoms with E-state index in [2.05, 4.69) is 20.8 Å². The fraction of sp³-hybridized carbons (Fsp3) is 0.250. The Bertz CT molecular complexity index is 849. The van der Waals surface area contributed by atoms with Crippen molar-refractivity contribution in [2.75, 3.05) is 10.6 Å². The van der Waals surface area contributed by atoms with E-state index in [1.165, 1.54) is 25.3 Å². The molecule has 10 heteroatoms. The van der Waals surface area contributed by atoms with Crippen molar-refractivity contribution in [3.63, 3.8) is 0 Å². The van der Waals surface area contributed by atoms with Gasteiger partial charge in [0.15, 0.2) is 15.9 Å². The van der Waals surface area contributed by atoms with Gasteiger partial charge in [0.2, 0.25) is 5.91 Å². The Labute approximate surface area is 152 Å². The molecule has 0 radical (unpaired) electrons. The molecule has 0 saturated carbocycles. The van der Waals surface area contributed by atoms with Crippen LogP contribution >= 0.6 is 11.3 Å². The molecule has 0 atom stereocenters. The fourth-order valence-corrected chi connectivity index (χ4v) is 2.63. The maximum atomic E-state index is 12.5. The van der Waals surface area contributed by atoms with Crippen LogP contribution in [-0.2, 0) is 9.59 Å². The van der Waals surface area contributed by atoms with Gasteiger partial charge in [0.1, 0.15) is 0 Å². The Balaban J connectivity index is 2.32. The fourth-order valence-electron chi connectivity index (χ4n) is 2.04. The maximum Gasteiger partial charge on any atom is 0.308 e. The molecule has 2 rings (SSSR count). The summed E-state index contributed by atoms with van der Waals surface area (Å²) in [6.07, 6.45) is 2.16. The van der Waals surface area contributed by atoms with Gasteiger partial charge in [-0.3, -0.25) is 19.7 Å². The minimum atomic E-state index is -0.641. The number of nitrogens with one attached hydrogen (secondary N) is 2. The van der Waals surface area contributed by atoms with Crippen molar-refractivity contribution in [1.29, 1.82) is 0 Å². The largest absolute Gasteiger partial charge is 0.424 e. The maximum absolute atomic E-state index is 12.5. The summed E-state index contributed by atoms with van der Waals surface area (Å²) in [5.41, 5.74) is 0.242. The van der Waals surface area contributed by atoms with Gasteiger partial charge in [-0.05, 0) is 23.7 Å². The van der Waals surface area contributed by atoms with Gasteiger partial charge in [0.05, 0.1) is 17.4 Å². The Morgan fingerprint density at radius 2 is 2.04 bits per heavy atom. The molecular formula is C16H16N4O5S. The summed E-state index contributed by atoms with van der Waals surface area (Å²) in [4.78, 5) is 50.1. The van der Waals surface area contributed by atoms with E-state index < -0.39 is 11.9 Å². The van der Waals surface area contributed by atoms with Gasteiger partial charge in [-0.25, -0.2) is 4.98 Å². The quantitative estimate of drug-likeness (QED) is 0.433. The molecule has 2 N–H and O–H groups in total. The summed E-state index contributed by atoms with van der Waals surface area (Å²) in [6, 6.07) is 4.51. The second kappa shape index (κ2) is 8.81. The second-order valence-electron chi connectivity index (χ2n) is 5.12. The van der Waals surface area contributed by atoms with Gasteiger partial charge in [0, 0.05) is 13.3 Å². The normalized spacial score (nSPS) is 10.1. The van der Waals surface area contributed by atoms with Gasteiger partial charge in [0.25, 0.3) is 5.91 Å². The third-order valence-electron chi connectivity index (χ3n) is 3.06. The molecule has 0 unspecified atom stereocenters. The highest BCUT2D eigenvalue weighted by Crippen LogP contribution is 2.31. The zero-order chi connectivity index (χ0) is 19.1. The molecule has 2 amide bonds. The SMILES string of the molecule is CCCC(=O)Nc1cccc(C(=O)Nc2ncc(N=O)s2)c1OC(C)=O. The van der Waals surface area contributed by atoms with Crippen LogP contribution in [0.2, 0.25) is 0 Å². The molecule has 0 aliphatic rings. The van der Waals surface area contributed by atoms with Crippen LogP contribution < -0.4 is 15.4 Å². The van der Waals surface area contributed by atoms with E-state index in [1.54, 1.807) is 6.07 Å². The van der Waals surface area contributed by atoms with Crippen LogP contribution in [0.5, 0.6) is 5.75 Å². The number of para-hydroxylation sites is 1. The minimum absolute atomic E-state index is 0.0327. The van der Waals surface area contributed by atoms with E-state index >= 15 is 0 Å². The molecule has 26 heavy (non-hydrogen) atoms. The number of thiazole rings is 1. The lowest BCUT2D eigenvalue weighted by Gasteiger charge is -2.14. The van der Waals surface area contributed by atoms with Crippen LogP contribution in [0.4, 0.5) is 15.8 Å². The van der Waals surface area contributed by atoms with E-state index in [1.807, 2.05) is 6.92 Å². The highest BCUT2D eigenvalue weighted by Gasteiger charge is 2.20. The minimum Gasteiger partial charge on any atom is -0.424 e. The molecule has 0 aliphatic heterocycles. The molecule has 1 aromatic carbocycles. The number of carbonyl (C=O) groups is 3. The number of nitrogens with zero attached hydrogens (tertiary/aromatic N) is 2. The van der Waals surface area contributed by atoms with E-state index in [0.717, 1.165) is 11.3 Å². The molecule has 0 aliphatic carbocycles. The summed E-state index contributed by atoms with van der Waals surface area (Å²) in [5, 5.41) is 8.13. The number of hydrogen-bond donors (Lipinski definition) is 2. The first-order valence-electron chi connectivity index (χ1n) is 7.66. The number of esters is 1. The molecular weight excluding hydrogens is 360 g/mol. The number of benzene rings is 1. The van der Waals surface area contributed by atoms with Gasteiger partial charge >= 0.3 is 5.97 Å². The van der Waals surface area contributed by atoms with Crippen molar-refractivity contribution in [2.45, 2.75) is 26.7 Å². The molecule has 9 nitrogen and oxygen atoms in total. The highest BCUT2D eigenvalue weighted by atomic mass is 32.1. The van der Waals surface area contributed by atoms with Crippen LogP contribution in [0, 0.1) is 4.91 Å². The predicted molar refractivity (Wildman–Crippen MR) is 96.8 cm³/mol. The van der Waals surface area contributed by atoms with Crippen molar-refractivity contribution in [2.24, 2.45) is 5.18 Å². The Kier molecular flexibility index (Phi) is 6.50. The number of rotatable bonds is 7. The first kappa shape index (κ1) is 19.2. The summed E-state index contributed by atoms with van der Waals surface area (Å²) < 4.78 is 5.14. The molecule has 2 aromatic rings. The van der Waals surface area contributed by atoms with Gasteiger partial charge in [-0.15, -0.1) is 4.91 Å². The number of amides is 2. The smallest absolute Gasteiger partial charge is 0.308 e. The average molecular weight is 376 g/mol. The van der Waals surface area contributed by atoms with E-state index in [0.29, 0.717) is 6.42 Å². The number of aromatic nitrogens is 1. The van der Waals surface area contributed by atoms with Crippen molar-refractivity contribution in [3.05, 3.63) is 34.9 Å².